The zero-order valence-corrected chi connectivity index (χ0v) is 21.7. The number of carboxylic acids is 1. The molecule has 0 aliphatic rings. The molecule has 0 bridgehead atoms. The molecule has 5 unspecified atom stereocenters. The van der Waals surface area contributed by atoms with Gasteiger partial charge in [0.15, 0.2) is 0 Å². The highest BCUT2D eigenvalue weighted by Gasteiger charge is 2.33. The van der Waals surface area contributed by atoms with E-state index in [9.17, 15) is 24.3 Å². The molecule has 1 aromatic rings. The Morgan fingerprint density at radius 3 is 1.91 bits per heavy atom. The molecule has 0 spiro atoms. The van der Waals surface area contributed by atoms with Gasteiger partial charge in [-0.3, -0.25) is 14.4 Å². The maximum Gasteiger partial charge on any atom is 0.326 e. The van der Waals surface area contributed by atoms with E-state index in [1.165, 1.54) is 0 Å². The fourth-order valence-electron chi connectivity index (χ4n) is 3.67. The largest absolute Gasteiger partial charge is 0.480 e. The second-order valence-corrected chi connectivity index (χ2v) is 9.93. The molecule has 0 radical (unpaired) electrons. The van der Waals surface area contributed by atoms with Crippen molar-refractivity contribution in [2.24, 2.45) is 23.5 Å². The van der Waals surface area contributed by atoms with Crippen molar-refractivity contribution in [3.63, 3.8) is 0 Å². The third kappa shape index (κ3) is 10.1. The lowest BCUT2D eigenvalue weighted by Gasteiger charge is -2.28. The molecule has 1 rings (SSSR count). The molecule has 0 aliphatic carbocycles. The maximum atomic E-state index is 13.3. The van der Waals surface area contributed by atoms with Gasteiger partial charge < -0.3 is 26.8 Å². The Kier molecular flexibility index (Phi) is 12.4. The fourth-order valence-corrected chi connectivity index (χ4v) is 3.67. The first-order valence-corrected chi connectivity index (χ1v) is 12.3. The van der Waals surface area contributed by atoms with Gasteiger partial charge in [0.25, 0.3) is 0 Å². The van der Waals surface area contributed by atoms with Gasteiger partial charge in [0.2, 0.25) is 17.7 Å². The van der Waals surface area contributed by atoms with Gasteiger partial charge in [-0.05, 0) is 29.7 Å². The van der Waals surface area contributed by atoms with E-state index in [2.05, 4.69) is 16.0 Å². The number of aliphatic carboxylic acids is 1. The van der Waals surface area contributed by atoms with E-state index in [1.807, 2.05) is 58.0 Å². The number of benzene rings is 1. The van der Waals surface area contributed by atoms with Crippen molar-refractivity contribution in [3.8, 4) is 0 Å². The molecule has 6 N–H and O–H groups in total. The molecule has 9 nitrogen and oxygen atoms in total. The van der Waals surface area contributed by atoms with Crippen molar-refractivity contribution in [2.75, 3.05) is 0 Å². The monoisotopic (exact) mass is 490 g/mol. The Hall–Kier alpha value is -2.94. The lowest BCUT2D eigenvalue weighted by molar-refractivity contribution is -0.143. The number of nitrogens with two attached hydrogens (primary N) is 1. The molecule has 35 heavy (non-hydrogen) atoms. The van der Waals surface area contributed by atoms with Crippen molar-refractivity contribution in [3.05, 3.63) is 35.9 Å². The molecule has 9 heteroatoms. The molecule has 0 heterocycles. The summed E-state index contributed by atoms with van der Waals surface area (Å²) in [5, 5.41) is 17.5. The molecular formula is C26H42N4O5. The van der Waals surface area contributed by atoms with E-state index >= 15 is 0 Å². The van der Waals surface area contributed by atoms with E-state index in [0.717, 1.165) is 5.56 Å². The predicted molar refractivity (Wildman–Crippen MR) is 135 cm³/mol. The lowest BCUT2D eigenvalue weighted by Crippen LogP contribution is -2.59. The summed E-state index contributed by atoms with van der Waals surface area (Å²) in [4.78, 5) is 50.7. The smallest absolute Gasteiger partial charge is 0.326 e. The number of carbonyl (C=O) groups excluding carboxylic acids is 3. The van der Waals surface area contributed by atoms with Gasteiger partial charge in [-0.15, -0.1) is 0 Å². The minimum Gasteiger partial charge on any atom is -0.480 e. The Labute approximate surface area is 208 Å². The topological polar surface area (TPSA) is 151 Å². The van der Waals surface area contributed by atoms with Crippen LogP contribution in [0.3, 0.4) is 0 Å². The summed E-state index contributed by atoms with van der Waals surface area (Å²) < 4.78 is 0. The minimum atomic E-state index is -1.15. The Morgan fingerprint density at radius 2 is 1.43 bits per heavy atom. The number of hydrogen-bond donors (Lipinski definition) is 5. The lowest BCUT2D eigenvalue weighted by atomic mass is 9.96. The van der Waals surface area contributed by atoms with Crippen molar-refractivity contribution < 1.29 is 24.3 Å². The highest BCUT2D eigenvalue weighted by molar-refractivity contribution is 5.94. The molecule has 196 valence electrons. The predicted octanol–water partition coefficient (Wildman–Crippen LogP) is 1.84. The molecular weight excluding hydrogens is 448 g/mol. The van der Waals surface area contributed by atoms with Gasteiger partial charge in [-0.25, -0.2) is 4.79 Å². The average Bonchev–Trinajstić information content (AvgIpc) is 2.79. The number of carbonyl (C=O) groups is 4. The third-order valence-corrected chi connectivity index (χ3v) is 6.00. The van der Waals surface area contributed by atoms with Crippen LogP contribution >= 0.6 is 0 Å². The zero-order valence-electron chi connectivity index (χ0n) is 21.7. The Bertz CT molecular complexity index is 843. The van der Waals surface area contributed by atoms with Crippen LogP contribution in [-0.2, 0) is 25.6 Å². The third-order valence-electron chi connectivity index (χ3n) is 6.00. The molecule has 5 atom stereocenters. The first-order chi connectivity index (χ1) is 16.4. The Morgan fingerprint density at radius 1 is 0.857 bits per heavy atom. The first kappa shape index (κ1) is 30.1. The normalized spacial score (nSPS) is 15.6. The van der Waals surface area contributed by atoms with Crippen LogP contribution in [0.15, 0.2) is 30.3 Å². The zero-order chi connectivity index (χ0) is 26.7. The van der Waals surface area contributed by atoms with E-state index in [4.69, 9.17) is 5.73 Å². The summed E-state index contributed by atoms with van der Waals surface area (Å²) in [6.45, 7) is 11.0. The molecule has 1 aromatic carbocycles. The van der Waals surface area contributed by atoms with Crippen molar-refractivity contribution in [1.82, 2.24) is 16.0 Å². The highest BCUT2D eigenvalue weighted by Crippen LogP contribution is 2.12. The maximum absolute atomic E-state index is 13.3. The summed E-state index contributed by atoms with van der Waals surface area (Å²) in [6, 6.07) is 5.35. The van der Waals surface area contributed by atoms with Crippen LogP contribution in [-0.4, -0.2) is 53.0 Å². The summed E-state index contributed by atoms with van der Waals surface area (Å²) in [5.74, 6) is -3.04. The van der Waals surface area contributed by atoms with Crippen LogP contribution in [0.1, 0.15) is 59.9 Å². The van der Waals surface area contributed by atoms with Gasteiger partial charge in [-0.2, -0.15) is 0 Å². The van der Waals surface area contributed by atoms with Gasteiger partial charge >= 0.3 is 5.97 Å². The van der Waals surface area contributed by atoms with Crippen LogP contribution in [0.4, 0.5) is 0 Å². The van der Waals surface area contributed by atoms with Gasteiger partial charge in [0.05, 0.1) is 6.04 Å². The van der Waals surface area contributed by atoms with Crippen molar-refractivity contribution >= 4 is 23.7 Å². The quantitative estimate of drug-likeness (QED) is 0.268. The first-order valence-electron chi connectivity index (χ1n) is 12.3. The van der Waals surface area contributed by atoms with Crippen LogP contribution in [0.5, 0.6) is 0 Å². The van der Waals surface area contributed by atoms with E-state index < -0.39 is 47.9 Å². The number of carboxylic acid groups (broad SMARTS) is 1. The number of nitrogens with one attached hydrogen (secondary N) is 3. The van der Waals surface area contributed by atoms with Crippen LogP contribution in [0, 0.1) is 17.8 Å². The van der Waals surface area contributed by atoms with Crippen molar-refractivity contribution in [1.29, 1.82) is 0 Å². The summed E-state index contributed by atoms with van der Waals surface area (Å²) in [7, 11) is 0. The molecule has 0 saturated heterocycles. The van der Waals surface area contributed by atoms with Crippen LogP contribution in [0.2, 0.25) is 0 Å². The van der Waals surface area contributed by atoms with E-state index in [0.29, 0.717) is 12.8 Å². The van der Waals surface area contributed by atoms with E-state index in [1.54, 1.807) is 13.8 Å². The average molecular weight is 491 g/mol. The summed E-state index contributed by atoms with van der Waals surface area (Å²) >= 11 is 0. The molecule has 0 aliphatic heterocycles. The van der Waals surface area contributed by atoms with Crippen molar-refractivity contribution in [2.45, 2.75) is 85.0 Å². The number of rotatable bonds is 14. The molecule has 0 aromatic heterocycles. The Balaban J connectivity index is 3.14. The molecule has 3 amide bonds. The van der Waals surface area contributed by atoms with Crippen LogP contribution < -0.4 is 21.7 Å². The minimum absolute atomic E-state index is 0.164. The SMILES string of the molecule is CCC(C)C(NC(=O)C(N)CC(C)C)C(=O)NC(Cc1ccccc1)C(=O)NC(C(=O)O)C(C)C. The standard InChI is InChI=1S/C26H42N4O5/c1-7-17(6)22(30-23(31)19(27)13-15(2)3)25(33)28-20(14-18-11-9-8-10-12-18)24(32)29-21(16(4)5)26(34)35/h8-12,15-17,19-22H,7,13-14,27H2,1-6H3,(H,28,33)(H,29,32)(H,30,31)(H,34,35). The van der Waals surface area contributed by atoms with Gasteiger partial charge in [0.1, 0.15) is 18.1 Å². The highest BCUT2D eigenvalue weighted by atomic mass is 16.4. The number of amides is 3. The molecule has 0 fully saturated rings. The van der Waals surface area contributed by atoms with Gasteiger partial charge in [-0.1, -0.05) is 78.3 Å². The second-order valence-electron chi connectivity index (χ2n) is 9.93. The summed E-state index contributed by atoms with van der Waals surface area (Å²) in [5.41, 5.74) is 6.81. The van der Waals surface area contributed by atoms with Crippen LogP contribution in [0.25, 0.3) is 0 Å². The second kappa shape index (κ2) is 14.5. The molecule has 0 saturated carbocycles. The summed E-state index contributed by atoms with van der Waals surface area (Å²) in [6.07, 6.45) is 1.25. The van der Waals surface area contributed by atoms with Gasteiger partial charge in [0, 0.05) is 6.42 Å². The van der Waals surface area contributed by atoms with E-state index in [-0.39, 0.29) is 24.2 Å². The number of hydrogen-bond acceptors (Lipinski definition) is 5. The fraction of sp³-hybridized carbons (Fsp3) is 0.615.